The number of carbonyl (C=O) groups excluding carboxylic acids is 1. The van der Waals surface area contributed by atoms with Gasteiger partial charge in [0, 0.05) is 5.92 Å². The van der Waals surface area contributed by atoms with Gasteiger partial charge in [0.05, 0.1) is 0 Å². The summed E-state index contributed by atoms with van der Waals surface area (Å²) in [6.07, 6.45) is 5.58. The first-order valence-corrected chi connectivity index (χ1v) is 3.98. The van der Waals surface area contributed by atoms with Crippen molar-refractivity contribution in [1.29, 1.82) is 0 Å². The number of aliphatic hydroxyl groups excluding tert-OH is 1. The summed E-state index contributed by atoms with van der Waals surface area (Å²) in [6, 6.07) is 0. The average Bonchev–Trinajstić information content (AvgIpc) is 2.05. The maximum absolute atomic E-state index is 10.9. The first-order chi connectivity index (χ1) is 4.84. The van der Waals surface area contributed by atoms with E-state index in [9.17, 15) is 4.79 Å². The summed E-state index contributed by atoms with van der Waals surface area (Å²) in [5.41, 5.74) is 0. The van der Waals surface area contributed by atoms with Gasteiger partial charge in [-0.05, 0) is 12.8 Å². The Morgan fingerprint density at radius 3 is 2.40 bits per heavy atom. The van der Waals surface area contributed by atoms with Crippen LogP contribution in [0.1, 0.15) is 32.1 Å². The molecule has 0 aromatic carbocycles. The van der Waals surface area contributed by atoms with Gasteiger partial charge in [-0.15, -0.1) is 0 Å². The van der Waals surface area contributed by atoms with Gasteiger partial charge in [-0.25, -0.2) is 0 Å². The molecule has 0 radical (unpaired) electrons. The van der Waals surface area contributed by atoms with E-state index in [-0.39, 0.29) is 18.3 Å². The molecule has 1 aliphatic rings. The molecule has 0 atom stereocenters. The molecule has 1 saturated carbocycles. The van der Waals surface area contributed by atoms with Gasteiger partial charge in [0.2, 0.25) is 0 Å². The topological polar surface area (TPSA) is 37.3 Å². The molecule has 0 aromatic rings. The second kappa shape index (κ2) is 3.71. The van der Waals surface area contributed by atoms with E-state index in [2.05, 4.69) is 0 Å². The number of ketones is 1. The third-order valence-electron chi connectivity index (χ3n) is 2.22. The van der Waals surface area contributed by atoms with Crippen molar-refractivity contribution >= 4 is 5.78 Å². The molecule has 2 heteroatoms. The Morgan fingerprint density at radius 2 is 1.90 bits per heavy atom. The Balaban J connectivity index is 2.31. The lowest BCUT2D eigenvalue weighted by molar-refractivity contribution is -0.126. The van der Waals surface area contributed by atoms with Crippen molar-refractivity contribution in [3.8, 4) is 0 Å². The Kier molecular flexibility index (Phi) is 2.87. The van der Waals surface area contributed by atoms with E-state index in [4.69, 9.17) is 5.11 Å². The fourth-order valence-corrected chi connectivity index (χ4v) is 1.55. The summed E-state index contributed by atoms with van der Waals surface area (Å²) >= 11 is 0. The molecule has 0 saturated heterocycles. The summed E-state index contributed by atoms with van der Waals surface area (Å²) in [4.78, 5) is 10.9. The quantitative estimate of drug-likeness (QED) is 0.627. The summed E-state index contributed by atoms with van der Waals surface area (Å²) < 4.78 is 0. The number of carbonyl (C=O) groups is 1. The molecule has 1 fully saturated rings. The van der Waals surface area contributed by atoms with Crippen molar-refractivity contribution in [2.24, 2.45) is 5.92 Å². The van der Waals surface area contributed by atoms with Crippen LogP contribution >= 0.6 is 0 Å². The number of Topliss-reactive ketones (excluding diaryl/α,β-unsaturated/α-hetero) is 1. The second-order valence-electron chi connectivity index (χ2n) is 2.96. The SMILES string of the molecule is O=C(CO)C1CCCCC1. The van der Waals surface area contributed by atoms with Crippen molar-refractivity contribution in [3.63, 3.8) is 0 Å². The van der Waals surface area contributed by atoms with Gasteiger partial charge < -0.3 is 5.11 Å². The number of hydrogen-bond acceptors (Lipinski definition) is 2. The maximum Gasteiger partial charge on any atom is 0.161 e. The van der Waals surface area contributed by atoms with Crippen LogP contribution in [0, 0.1) is 5.92 Å². The fourth-order valence-electron chi connectivity index (χ4n) is 1.55. The van der Waals surface area contributed by atoms with Crippen LogP contribution in [0.5, 0.6) is 0 Å². The third kappa shape index (κ3) is 1.81. The number of hydrogen-bond donors (Lipinski definition) is 1. The van der Waals surface area contributed by atoms with E-state index in [1.54, 1.807) is 0 Å². The average molecular weight is 142 g/mol. The van der Waals surface area contributed by atoms with Crippen molar-refractivity contribution < 1.29 is 9.90 Å². The van der Waals surface area contributed by atoms with Crippen LogP contribution in [0.25, 0.3) is 0 Å². The molecule has 0 spiro atoms. The Morgan fingerprint density at radius 1 is 1.30 bits per heavy atom. The van der Waals surface area contributed by atoms with Crippen LogP contribution in [0.4, 0.5) is 0 Å². The van der Waals surface area contributed by atoms with Crippen molar-refractivity contribution in [3.05, 3.63) is 0 Å². The molecule has 0 amide bonds. The van der Waals surface area contributed by atoms with E-state index in [1.807, 2.05) is 0 Å². The molecular formula is C8H14O2. The van der Waals surface area contributed by atoms with E-state index >= 15 is 0 Å². The molecule has 1 aliphatic carbocycles. The lowest BCUT2D eigenvalue weighted by Crippen LogP contribution is -2.20. The van der Waals surface area contributed by atoms with E-state index in [1.165, 1.54) is 6.42 Å². The summed E-state index contributed by atoms with van der Waals surface area (Å²) in [5.74, 6) is 0.221. The number of aliphatic hydroxyl groups is 1. The van der Waals surface area contributed by atoms with Crippen molar-refractivity contribution in [2.75, 3.05) is 6.61 Å². The summed E-state index contributed by atoms with van der Waals surface area (Å²) in [6.45, 7) is -0.259. The molecule has 0 aromatic heterocycles. The van der Waals surface area contributed by atoms with E-state index < -0.39 is 0 Å². The molecule has 0 heterocycles. The Labute approximate surface area is 61.2 Å². The molecule has 10 heavy (non-hydrogen) atoms. The van der Waals surface area contributed by atoms with Crippen LogP contribution < -0.4 is 0 Å². The van der Waals surface area contributed by atoms with Gasteiger partial charge in [0.25, 0.3) is 0 Å². The second-order valence-corrected chi connectivity index (χ2v) is 2.96. The van der Waals surface area contributed by atoms with Gasteiger partial charge in [-0.1, -0.05) is 19.3 Å². The Hall–Kier alpha value is -0.370. The highest BCUT2D eigenvalue weighted by Gasteiger charge is 2.19. The monoisotopic (exact) mass is 142 g/mol. The highest BCUT2D eigenvalue weighted by atomic mass is 16.3. The van der Waals surface area contributed by atoms with Crippen molar-refractivity contribution in [1.82, 2.24) is 0 Å². The van der Waals surface area contributed by atoms with Gasteiger partial charge in [-0.3, -0.25) is 4.79 Å². The number of rotatable bonds is 2. The molecule has 2 nitrogen and oxygen atoms in total. The predicted molar refractivity (Wildman–Crippen MR) is 38.7 cm³/mol. The van der Waals surface area contributed by atoms with Gasteiger partial charge in [0.15, 0.2) is 5.78 Å². The molecule has 1 rings (SSSR count). The predicted octanol–water partition coefficient (Wildman–Crippen LogP) is 1.13. The highest BCUT2D eigenvalue weighted by molar-refractivity contribution is 5.81. The zero-order valence-corrected chi connectivity index (χ0v) is 6.18. The fraction of sp³-hybridized carbons (Fsp3) is 0.875. The van der Waals surface area contributed by atoms with Crippen LogP contribution in [0.2, 0.25) is 0 Å². The largest absolute Gasteiger partial charge is 0.389 e. The lowest BCUT2D eigenvalue weighted by atomic mass is 9.86. The van der Waals surface area contributed by atoms with Crippen LogP contribution in [-0.4, -0.2) is 17.5 Å². The smallest absolute Gasteiger partial charge is 0.161 e. The zero-order chi connectivity index (χ0) is 7.40. The van der Waals surface area contributed by atoms with Crippen LogP contribution in [0.15, 0.2) is 0 Å². The van der Waals surface area contributed by atoms with E-state index in [0.29, 0.717) is 0 Å². The zero-order valence-electron chi connectivity index (χ0n) is 6.18. The molecular weight excluding hydrogens is 128 g/mol. The normalized spacial score (nSPS) is 20.9. The van der Waals surface area contributed by atoms with Gasteiger partial charge >= 0.3 is 0 Å². The molecule has 0 bridgehead atoms. The van der Waals surface area contributed by atoms with Crippen molar-refractivity contribution in [2.45, 2.75) is 32.1 Å². The van der Waals surface area contributed by atoms with Gasteiger partial charge in [0.1, 0.15) is 6.61 Å². The van der Waals surface area contributed by atoms with Gasteiger partial charge in [-0.2, -0.15) is 0 Å². The van der Waals surface area contributed by atoms with Crippen LogP contribution in [0.3, 0.4) is 0 Å². The molecule has 58 valence electrons. The first-order valence-electron chi connectivity index (χ1n) is 3.98. The maximum atomic E-state index is 10.9. The third-order valence-corrected chi connectivity index (χ3v) is 2.22. The molecule has 0 unspecified atom stereocenters. The highest BCUT2D eigenvalue weighted by Crippen LogP contribution is 2.23. The Bertz CT molecular complexity index is 114. The standard InChI is InChI=1S/C8H14O2/c9-6-8(10)7-4-2-1-3-5-7/h7,9H,1-6H2. The minimum Gasteiger partial charge on any atom is -0.389 e. The minimum absolute atomic E-state index is 0.0414. The molecule has 1 N–H and O–H groups in total. The molecule has 0 aliphatic heterocycles. The summed E-state index contributed by atoms with van der Waals surface area (Å²) in [5, 5.41) is 8.54. The lowest BCUT2D eigenvalue weighted by Gasteiger charge is -2.18. The minimum atomic E-state index is -0.259. The van der Waals surface area contributed by atoms with E-state index in [0.717, 1.165) is 25.7 Å². The van der Waals surface area contributed by atoms with Crippen LogP contribution in [-0.2, 0) is 4.79 Å². The summed E-state index contributed by atoms with van der Waals surface area (Å²) in [7, 11) is 0. The first kappa shape index (κ1) is 7.73.